The van der Waals surface area contributed by atoms with E-state index in [-0.39, 0.29) is 17.3 Å². The van der Waals surface area contributed by atoms with Crippen LogP contribution < -0.4 is 4.31 Å². The molecule has 146 valence electrons. The molecule has 1 heterocycles. The maximum Gasteiger partial charge on any atom is 0.433 e. The van der Waals surface area contributed by atoms with E-state index in [0.29, 0.717) is 5.56 Å². The van der Waals surface area contributed by atoms with E-state index in [1.807, 2.05) is 6.92 Å². The van der Waals surface area contributed by atoms with Crippen LogP contribution in [0, 0.1) is 6.92 Å². The van der Waals surface area contributed by atoms with Crippen LogP contribution in [0.2, 0.25) is 0 Å². The second-order valence-corrected chi connectivity index (χ2v) is 8.05. The van der Waals surface area contributed by atoms with Gasteiger partial charge in [0.25, 0.3) is 10.0 Å². The molecule has 0 atom stereocenters. The summed E-state index contributed by atoms with van der Waals surface area (Å²) in [5, 5.41) is 0. The Balaban J connectivity index is 2.11. The summed E-state index contributed by atoms with van der Waals surface area (Å²) in [6.07, 6.45) is -4.68. The number of halogens is 3. The third-order valence-electron chi connectivity index (χ3n) is 4.06. The molecule has 0 aliphatic heterocycles. The van der Waals surface area contributed by atoms with E-state index in [2.05, 4.69) is 4.98 Å². The lowest BCUT2D eigenvalue weighted by Crippen LogP contribution is -2.31. The molecule has 0 saturated carbocycles. The number of alkyl halides is 3. The largest absolute Gasteiger partial charge is 0.433 e. The zero-order valence-electron chi connectivity index (χ0n) is 14.9. The number of sulfonamides is 1. The highest BCUT2D eigenvalue weighted by molar-refractivity contribution is 7.92. The van der Waals surface area contributed by atoms with E-state index >= 15 is 0 Å². The van der Waals surface area contributed by atoms with E-state index in [1.165, 1.54) is 18.2 Å². The summed E-state index contributed by atoms with van der Waals surface area (Å²) in [6.45, 7) is 1.66. The molecule has 2 aromatic carbocycles. The van der Waals surface area contributed by atoms with E-state index in [9.17, 15) is 21.6 Å². The molecule has 0 fully saturated rings. The minimum absolute atomic E-state index is 0.0201. The van der Waals surface area contributed by atoms with Gasteiger partial charge in [-0.05, 0) is 36.8 Å². The van der Waals surface area contributed by atoms with E-state index in [1.54, 1.807) is 42.5 Å². The second kappa shape index (κ2) is 7.63. The average Bonchev–Trinajstić information content (AvgIpc) is 2.66. The number of benzene rings is 2. The van der Waals surface area contributed by atoms with Gasteiger partial charge in [0.05, 0.1) is 11.4 Å². The predicted molar refractivity (Wildman–Crippen MR) is 100 cm³/mol. The summed E-state index contributed by atoms with van der Waals surface area (Å²) in [5.41, 5.74) is 0.338. The van der Waals surface area contributed by atoms with Gasteiger partial charge < -0.3 is 0 Å². The Hall–Kier alpha value is -2.87. The maximum absolute atomic E-state index is 13.2. The molecule has 0 aliphatic carbocycles. The number of hydrogen-bond acceptors (Lipinski definition) is 3. The molecule has 0 spiro atoms. The number of hydrogen-bond donors (Lipinski definition) is 0. The standard InChI is InChI=1S/C20H17F3N2O2S/c1-15-10-12-17(13-11-15)28(26,27)25(14-16-6-3-2-4-7-16)19-9-5-8-18(24-19)20(21,22)23/h2-13H,14H2,1H3. The van der Waals surface area contributed by atoms with Gasteiger partial charge in [0.2, 0.25) is 0 Å². The van der Waals surface area contributed by atoms with E-state index in [0.717, 1.165) is 22.0 Å². The van der Waals surface area contributed by atoms with Crippen LogP contribution in [-0.2, 0) is 22.7 Å². The molecule has 4 nitrogen and oxygen atoms in total. The predicted octanol–water partition coefficient (Wildman–Crippen LogP) is 4.80. The lowest BCUT2D eigenvalue weighted by atomic mass is 10.2. The number of aromatic nitrogens is 1. The van der Waals surface area contributed by atoms with Gasteiger partial charge in [-0.1, -0.05) is 54.1 Å². The first-order valence-electron chi connectivity index (χ1n) is 8.35. The Morgan fingerprint density at radius 1 is 0.893 bits per heavy atom. The van der Waals surface area contributed by atoms with Gasteiger partial charge in [0.15, 0.2) is 0 Å². The first-order valence-corrected chi connectivity index (χ1v) is 9.79. The highest BCUT2D eigenvalue weighted by Crippen LogP contribution is 2.31. The highest BCUT2D eigenvalue weighted by Gasteiger charge is 2.34. The summed E-state index contributed by atoms with van der Waals surface area (Å²) >= 11 is 0. The van der Waals surface area contributed by atoms with Crippen LogP contribution >= 0.6 is 0 Å². The zero-order valence-corrected chi connectivity index (χ0v) is 15.7. The Morgan fingerprint density at radius 3 is 2.14 bits per heavy atom. The fraction of sp³-hybridized carbons (Fsp3) is 0.150. The first kappa shape index (κ1) is 19.9. The summed E-state index contributed by atoms with van der Waals surface area (Å²) in [4.78, 5) is 3.55. The fourth-order valence-electron chi connectivity index (χ4n) is 2.60. The quantitative estimate of drug-likeness (QED) is 0.611. The van der Waals surface area contributed by atoms with Gasteiger partial charge >= 0.3 is 6.18 Å². The van der Waals surface area contributed by atoms with Crippen molar-refractivity contribution in [3.8, 4) is 0 Å². The maximum atomic E-state index is 13.2. The number of nitrogens with zero attached hydrogens (tertiary/aromatic N) is 2. The third-order valence-corrected chi connectivity index (χ3v) is 5.82. The van der Waals surface area contributed by atoms with Crippen molar-refractivity contribution in [1.29, 1.82) is 0 Å². The smallest absolute Gasteiger partial charge is 0.245 e. The number of pyridine rings is 1. The molecule has 0 aliphatic rings. The van der Waals surface area contributed by atoms with Crippen molar-refractivity contribution in [2.45, 2.75) is 24.5 Å². The summed E-state index contributed by atoms with van der Waals surface area (Å²) in [5.74, 6) is -0.292. The molecule has 3 rings (SSSR count). The van der Waals surface area contributed by atoms with Crippen molar-refractivity contribution in [3.63, 3.8) is 0 Å². The van der Waals surface area contributed by atoms with Gasteiger partial charge in [-0.25, -0.2) is 17.7 Å². The van der Waals surface area contributed by atoms with Crippen LogP contribution in [0.1, 0.15) is 16.8 Å². The van der Waals surface area contributed by atoms with Gasteiger partial charge in [0.1, 0.15) is 11.5 Å². The fourth-order valence-corrected chi connectivity index (χ4v) is 4.00. The molecule has 0 N–H and O–H groups in total. The molecule has 0 saturated heterocycles. The highest BCUT2D eigenvalue weighted by atomic mass is 32.2. The van der Waals surface area contributed by atoms with Gasteiger partial charge in [-0.3, -0.25) is 0 Å². The van der Waals surface area contributed by atoms with Crippen LogP contribution in [0.25, 0.3) is 0 Å². The van der Waals surface area contributed by atoms with Gasteiger partial charge in [-0.2, -0.15) is 13.2 Å². The Labute approximate surface area is 161 Å². The molecule has 28 heavy (non-hydrogen) atoms. The van der Waals surface area contributed by atoms with Crippen LogP contribution in [0.15, 0.2) is 77.7 Å². The Bertz CT molecular complexity index is 1050. The van der Waals surface area contributed by atoms with Crippen LogP contribution in [0.4, 0.5) is 19.0 Å². The van der Waals surface area contributed by atoms with E-state index in [4.69, 9.17) is 0 Å². The van der Waals surface area contributed by atoms with Crippen molar-refractivity contribution < 1.29 is 21.6 Å². The molecule has 3 aromatic rings. The average molecular weight is 406 g/mol. The monoisotopic (exact) mass is 406 g/mol. The van der Waals surface area contributed by atoms with Gasteiger partial charge in [0, 0.05) is 0 Å². The molecular formula is C20H17F3N2O2S. The lowest BCUT2D eigenvalue weighted by Gasteiger charge is -2.24. The topological polar surface area (TPSA) is 50.3 Å². The molecule has 8 heteroatoms. The van der Waals surface area contributed by atoms with Crippen LogP contribution in [0.3, 0.4) is 0 Å². The second-order valence-electron chi connectivity index (χ2n) is 6.19. The Morgan fingerprint density at radius 2 is 1.54 bits per heavy atom. The minimum atomic E-state index is -4.68. The summed E-state index contributed by atoms with van der Waals surface area (Å²) in [6, 6.07) is 18.0. The SMILES string of the molecule is Cc1ccc(S(=O)(=O)N(Cc2ccccc2)c2cccc(C(F)(F)F)n2)cc1. The van der Waals surface area contributed by atoms with Gasteiger partial charge in [-0.15, -0.1) is 0 Å². The van der Waals surface area contributed by atoms with Crippen molar-refractivity contribution in [1.82, 2.24) is 4.98 Å². The summed E-state index contributed by atoms with van der Waals surface area (Å²) in [7, 11) is -4.13. The number of anilines is 1. The first-order chi connectivity index (χ1) is 13.2. The number of rotatable bonds is 5. The molecule has 0 bridgehead atoms. The van der Waals surface area contributed by atoms with Crippen molar-refractivity contribution in [2.75, 3.05) is 4.31 Å². The molecule has 0 amide bonds. The molecule has 0 unspecified atom stereocenters. The Kier molecular flexibility index (Phi) is 5.42. The van der Waals surface area contributed by atoms with Crippen molar-refractivity contribution in [2.24, 2.45) is 0 Å². The molecule has 0 radical (unpaired) electrons. The summed E-state index contributed by atoms with van der Waals surface area (Å²) < 4.78 is 66.6. The lowest BCUT2D eigenvalue weighted by molar-refractivity contribution is -0.141. The molecule has 1 aromatic heterocycles. The van der Waals surface area contributed by atoms with Crippen LogP contribution in [-0.4, -0.2) is 13.4 Å². The molecular weight excluding hydrogens is 389 g/mol. The number of aryl methyl sites for hydroxylation is 1. The minimum Gasteiger partial charge on any atom is -0.245 e. The van der Waals surface area contributed by atoms with Crippen molar-refractivity contribution in [3.05, 3.63) is 89.6 Å². The van der Waals surface area contributed by atoms with Crippen molar-refractivity contribution >= 4 is 15.8 Å². The third kappa shape index (κ3) is 4.33. The van der Waals surface area contributed by atoms with Crippen LogP contribution in [0.5, 0.6) is 0 Å². The normalized spacial score (nSPS) is 12.0. The van der Waals surface area contributed by atoms with E-state index < -0.39 is 21.9 Å². The zero-order chi connectivity index (χ0) is 20.4.